The Morgan fingerprint density at radius 1 is 1.17 bits per heavy atom. The van der Waals surface area contributed by atoms with Gasteiger partial charge in [-0.2, -0.15) is 17.9 Å². The molecule has 4 rings (SSSR count). The molecule has 0 N–H and O–H groups in total. The molecular formula is C18H14F4N6O. The molecule has 11 heteroatoms. The van der Waals surface area contributed by atoms with Gasteiger partial charge in [-0.1, -0.05) is 11.3 Å². The Hall–Kier alpha value is -3.37. The number of benzene rings is 1. The number of hydrogen-bond donors (Lipinski definition) is 0. The summed E-state index contributed by atoms with van der Waals surface area (Å²) < 4.78 is 54.8. The van der Waals surface area contributed by atoms with Crippen LogP contribution in [0.5, 0.6) is 0 Å². The van der Waals surface area contributed by atoms with Crippen molar-refractivity contribution in [2.45, 2.75) is 25.6 Å². The second-order valence-corrected chi connectivity index (χ2v) is 6.47. The van der Waals surface area contributed by atoms with Crippen molar-refractivity contribution in [3.05, 3.63) is 65.0 Å². The first kappa shape index (κ1) is 19.0. The summed E-state index contributed by atoms with van der Waals surface area (Å²) in [6.45, 7) is 1.81. The number of carbonyl (C=O) groups excluding carboxylic acids is 1. The van der Waals surface area contributed by atoms with E-state index >= 15 is 0 Å². The maximum atomic E-state index is 14.4. The van der Waals surface area contributed by atoms with Gasteiger partial charge in [-0.05, 0) is 25.1 Å². The number of alkyl halides is 3. The maximum absolute atomic E-state index is 14.4. The van der Waals surface area contributed by atoms with Gasteiger partial charge in [0.25, 0.3) is 11.9 Å². The standard InChI is InChI=1S/C18H14F4N6O/c1-10-15-13(28(26-25-15)17-23-7-3-8-24-17)6-9-27(10)16(29)11-4-2-5-12(14(11)19)18(20,21)22/h2-5,7-8,10H,6,9H2,1H3. The van der Waals surface area contributed by atoms with E-state index in [0.29, 0.717) is 29.8 Å². The Balaban J connectivity index is 1.66. The van der Waals surface area contributed by atoms with E-state index in [2.05, 4.69) is 20.3 Å². The van der Waals surface area contributed by atoms with Crippen molar-refractivity contribution in [2.24, 2.45) is 0 Å². The lowest BCUT2D eigenvalue weighted by Crippen LogP contribution is -2.40. The average molecular weight is 406 g/mol. The van der Waals surface area contributed by atoms with Gasteiger partial charge in [-0.25, -0.2) is 14.4 Å². The number of carbonyl (C=O) groups is 1. The highest BCUT2D eigenvalue weighted by Gasteiger charge is 2.38. The number of halogens is 4. The molecule has 150 valence electrons. The number of hydrogen-bond acceptors (Lipinski definition) is 5. The lowest BCUT2D eigenvalue weighted by Gasteiger charge is -2.32. The summed E-state index contributed by atoms with van der Waals surface area (Å²) in [7, 11) is 0. The van der Waals surface area contributed by atoms with Gasteiger partial charge in [0.15, 0.2) is 0 Å². The van der Waals surface area contributed by atoms with Gasteiger partial charge < -0.3 is 4.90 Å². The Kier molecular flexibility index (Phi) is 4.52. The lowest BCUT2D eigenvalue weighted by molar-refractivity contribution is -0.140. The zero-order valence-corrected chi connectivity index (χ0v) is 15.1. The van der Waals surface area contributed by atoms with Crippen molar-refractivity contribution >= 4 is 5.91 Å². The van der Waals surface area contributed by atoms with Crippen molar-refractivity contribution in [1.29, 1.82) is 0 Å². The molecule has 0 aliphatic carbocycles. The summed E-state index contributed by atoms with van der Waals surface area (Å²) in [5.74, 6) is -2.10. The van der Waals surface area contributed by atoms with E-state index in [9.17, 15) is 22.4 Å². The second kappa shape index (κ2) is 6.90. The Morgan fingerprint density at radius 3 is 2.59 bits per heavy atom. The molecule has 0 saturated heterocycles. The van der Waals surface area contributed by atoms with Crippen LogP contribution in [-0.2, 0) is 12.6 Å². The molecule has 2 aromatic heterocycles. The van der Waals surface area contributed by atoms with Crippen LogP contribution < -0.4 is 0 Å². The molecule has 0 fully saturated rings. The molecule has 1 aromatic carbocycles. The van der Waals surface area contributed by atoms with Crippen molar-refractivity contribution in [2.75, 3.05) is 6.54 Å². The Morgan fingerprint density at radius 2 is 1.90 bits per heavy atom. The van der Waals surface area contributed by atoms with E-state index in [1.165, 1.54) is 9.58 Å². The molecule has 7 nitrogen and oxygen atoms in total. The number of nitrogens with zero attached hydrogens (tertiary/aromatic N) is 6. The predicted molar refractivity (Wildman–Crippen MR) is 91.5 cm³/mol. The van der Waals surface area contributed by atoms with Gasteiger partial charge >= 0.3 is 6.18 Å². The lowest BCUT2D eigenvalue weighted by atomic mass is 10.0. The first-order valence-corrected chi connectivity index (χ1v) is 8.67. The van der Waals surface area contributed by atoms with E-state index in [-0.39, 0.29) is 6.54 Å². The van der Waals surface area contributed by atoms with Crippen LogP contribution in [-0.4, -0.2) is 42.3 Å². The zero-order valence-electron chi connectivity index (χ0n) is 15.1. The van der Waals surface area contributed by atoms with Crippen LogP contribution in [0.2, 0.25) is 0 Å². The van der Waals surface area contributed by atoms with Gasteiger partial charge in [0, 0.05) is 25.4 Å². The molecule has 0 spiro atoms. The molecule has 1 aliphatic heterocycles. The van der Waals surface area contributed by atoms with E-state index < -0.39 is 35.1 Å². The molecule has 0 bridgehead atoms. The first-order valence-electron chi connectivity index (χ1n) is 8.67. The highest BCUT2D eigenvalue weighted by molar-refractivity contribution is 5.95. The molecular weight excluding hydrogens is 392 g/mol. The van der Waals surface area contributed by atoms with Crippen LogP contribution in [0.1, 0.15) is 40.3 Å². The fraction of sp³-hybridized carbons (Fsp3) is 0.278. The molecule has 1 aliphatic rings. The van der Waals surface area contributed by atoms with Crippen LogP contribution in [0.25, 0.3) is 5.95 Å². The smallest absolute Gasteiger partial charge is 0.330 e. The van der Waals surface area contributed by atoms with Crippen LogP contribution in [0, 0.1) is 5.82 Å². The SMILES string of the molecule is CC1c2nnn(-c3ncccn3)c2CCN1C(=O)c1cccc(C(F)(F)F)c1F. The quantitative estimate of drug-likeness (QED) is 0.612. The minimum absolute atomic E-state index is 0.156. The van der Waals surface area contributed by atoms with Crippen LogP contribution >= 0.6 is 0 Å². The highest BCUT2D eigenvalue weighted by atomic mass is 19.4. The minimum Gasteiger partial charge on any atom is -0.330 e. The zero-order chi connectivity index (χ0) is 20.8. The molecule has 0 saturated carbocycles. The van der Waals surface area contributed by atoms with Crippen LogP contribution in [0.3, 0.4) is 0 Å². The summed E-state index contributed by atoms with van der Waals surface area (Å²) in [6, 6.07) is 3.71. The first-order chi connectivity index (χ1) is 13.8. The van der Waals surface area contributed by atoms with E-state index in [1.807, 2.05) is 0 Å². The third kappa shape index (κ3) is 3.22. The molecule has 1 unspecified atom stereocenters. The summed E-state index contributed by atoms with van der Waals surface area (Å²) in [5.41, 5.74) is -0.948. The highest BCUT2D eigenvalue weighted by Crippen LogP contribution is 2.34. The van der Waals surface area contributed by atoms with Crippen molar-refractivity contribution in [1.82, 2.24) is 29.9 Å². The fourth-order valence-electron chi connectivity index (χ4n) is 3.35. The Bertz CT molecular complexity index is 1070. The summed E-state index contributed by atoms with van der Waals surface area (Å²) in [4.78, 5) is 22.3. The fourth-order valence-corrected chi connectivity index (χ4v) is 3.35. The molecule has 3 aromatic rings. The van der Waals surface area contributed by atoms with Gasteiger partial charge in [-0.3, -0.25) is 4.79 Å². The number of rotatable bonds is 2. The normalized spacial score (nSPS) is 16.6. The summed E-state index contributed by atoms with van der Waals surface area (Å²) in [6.07, 6.45) is -1.47. The number of fused-ring (bicyclic) bond motifs is 1. The average Bonchev–Trinajstić information content (AvgIpc) is 3.13. The monoisotopic (exact) mass is 406 g/mol. The second-order valence-electron chi connectivity index (χ2n) is 6.47. The van der Waals surface area contributed by atoms with Crippen LogP contribution in [0.15, 0.2) is 36.7 Å². The van der Waals surface area contributed by atoms with E-state index in [0.717, 1.165) is 12.1 Å². The van der Waals surface area contributed by atoms with Gasteiger partial charge in [0.05, 0.1) is 22.9 Å². The minimum atomic E-state index is -4.89. The molecule has 1 atom stereocenters. The maximum Gasteiger partial charge on any atom is 0.419 e. The van der Waals surface area contributed by atoms with Gasteiger partial charge in [-0.15, -0.1) is 5.10 Å². The largest absolute Gasteiger partial charge is 0.419 e. The third-order valence-corrected chi connectivity index (χ3v) is 4.78. The summed E-state index contributed by atoms with van der Waals surface area (Å²) >= 11 is 0. The third-order valence-electron chi connectivity index (χ3n) is 4.78. The van der Waals surface area contributed by atoms with Crippen LogP contribution in [0.4, 0.5) is 17.6 Å². The molecule has 3 heterocycles. The molecule has 29 heavy (non-hydrogen) atoms. The van der Waals surface area contributed by atoms with E-state index in [1.54, 1.807) is 25.4 Å². The van der Waals surface area contributed by atoms with Crippen molar-refractivity contribution < 1.29 is 22.4 Å². The summed E-state index contributed by atoms with van der Waals surface area (Å²) in [5, 5.41) is 8.11. The van der Waals surface area contributed by atoms with Crippen molar-refractivity contribution in [3.8, 4) is 5.95 Å². The molecule has 1 amide bonds. The van der Waals surface area contributed by atoms with Crippen molar-refractivity contribution in [3.63, 3.8) is 0 Å². The Labute approximate surface area is 162 Å². The predicted octanol–water partition coefficient (Wildman–Crippen LogP) is 2.97. The van der Waals surface area contributed by atoms with E-state index in [4.69, 9.17) is 0 Å². The van der Waals surface area contributed by atoms with Gasteiger partial charge in [0.2, 0.25) is 0 Å². The topological polar surface area (TPSA) is 76.8 Å². The number of amides is 1. The molecule has 0 radical (unpaired) electrons. The number of aromatic nitrogens is 5. The van der Waals surface area contributed by atoms with Gasteiger partial charge in [0.1, 0.15) is 11.5 Å².